The zero-order valence-corrected chi connectivity index (χ0v) is 13.5. The molecule has 1 amide bonds. The van der Waals surface area contributed by atoms with Crippen LogP contribution in [0.25, 0.3) is 0 Å². The molecule has 1 saturated carbocycles. The van der Waals surface area contributed by atoms with Crippen molar-refractivity contribution >= 4 is 5.91 Å². The van der Waals surface area contributed by atoms with Crippen LogP contribution in [0.2, 0.25) is 0 Å². The number of likely N-dealkylation sites (tertiary alicyclic amines) is 1. The lowest BCUT2D eigenvalue weighted by atomic mass is 9.79. The molecule has 1 aliphatic carbocycles. The quantitative estimate of drug-likeness (QED) is 0.845. The molecule has 4 atom stereocenters. The van der Waals surface area contributed by atoms with Gasteiger partial charge in [-0.25, -0.2) is 0 Å². The van der Waals surface area contributed by atoms with Crippen molar-refractivity contribution < 1.29 is 4.79 Å². The lowest BCUT2D eigenvalue weighted by Crippen LogP contribution is -2.42. The van der Waals surface area contributed by atoms with E-state index >= 15 is 0 Å². The largest absolute Gasteiger partial charge is 0.342 e. The SMILES string of the molecule is CC1CC(N)CC(C(=O)N2CCCC(C(C)C)CC2)C1. The number of rotatable bonds is 2. The molecule has 1 heterocycles. The van der Waals surface area contributed by atoms with E-state index in [1.807, 2.05) is 0 Å². The number of nitrogens with two attached hydrogens (primary N) is 1. The molecule has 0 aromatic heterocycles. The predicted molar refractivity (Wildman–Crippen MR) is 83.2 cm³/mol. The van der Waals surface area contributed by atoms with Crippen molar-refractivity contribution in [3.05, 3.63) is 0 Å². The predicted octanol–water partition coefficient (Wildman–Crippen LogP) is 3.03. The maximum absolute atomic E-state index is 12.7. The van der Waals surface area contributed by atoms with Crippen LogP contribution in [0.5, 0.6) is 0 Å². The first-order valence-electron chi connectivity index (χ1n) is 8.51. The molecule has 2 fully saturated rings. The van der Waals surface area contributed by atoms with Crippen molar-refractivity contribution in [2.75, 3.05) is 13.1 Å². The summed E-state index contributed by atoms with van der Waals surface area (Å²) >= 11 is 0. The van der Waals surface area contributed by atoms with E-state index in [-0.39, 0.29) is 12.0 Å². The summed E-state index contributed by atoms with van der Waals surface area (Å²) in [5, 5.41) is 0. The van der Waals surface area contributed by atoms with Crippen LogP contribution < -0.4 is 5.73 Å². The van der Waals surface area contributed by atoms with Crippen molar-refractivity contribution in [1.82, 2.24) is 4.90 Å². The second-order valence-corrected chi connectivity index (χ2v) is 7.53. The zero-order chi connectivity index (χ0) is 14.7. The molecule has 20 heavy (non-hydrogen) atoms. The van der Waals surface area contributed by atoms with Crippen LogP contribution in [0.3, 0.4) is 0 Å². The molecule has 2 rings (SSSR count). The van der Waals surface area contributed by atoms with Crippen molar-refractivity contribution in [2.45, 2.75) is 65.3 Å². The number of nitrogens with zero attached hydrogens (tertiary/aromatic N) is 1. The average Bonchev–Trinajstić information content (AvgIpc) is 2.62. The summed E-state index contributed by atoms with van der Waals surface area (Å²) in [5.41, 5.74) is 6.10. The van der Waals surface area contributed by atoms with Crippen LogP contribution >= 0.6 is 0 Å². The van der Waals surface area contributed by atoms with E-state index in [0.717, 1.165) is 44.2 Å². The Labute approximate surface area is 124 Å². The summed E-state index contributed by atoms with van der Waals surface area (Å²) < 4.78 is 0. The minimum absolute atomic E-state index is 0.185. The Bertz CT molecular complexity index is 319. The van der Waals surface area contributed by atoms with E-state index < -0.39 is 0 Å². The Balaban J connectivity index is 1.92. The molecule has 116 valence electrons. The van der Waals surface area contributed by atoms with Gasteiger partial charge in [0.25, 0.3) is 0 Å². The highest BCUT2D eigenvalue weighted by atomic mass is 16.2. The van der Waals surface area contributed by atoms with Crippen molar-refractivity contribution in [1.29, 1.82) is 0 Å². The molecule has 2 aliphatic rings. The Morgan fingerprint density at radius 3 is 2.55 bits per heavy atom. The molecule has 3 nitrogen and oxygen atoms in total. The smallest absolute Gasteiger partial charge is 0.225 e. The van der Waals surface area contributed by atoms with Crippen LogP contribution in [0, 0.1) is 23.7 Å². The molecule has 3 heteroatoms. The summed E-state index contributed by atoms with van der Waals surface area (Å²) in [6.07, 6.45) is 6.64. The van der Waals surface area contributed by atoms with E-state index in [4.69, 9.17) is 5.73 Å². The van der Waals surface area contributed by atoms with E-state index in [1.165, 1.54) is 19.3 Å². The third kappa shape index (κ3) is 3.97. The normalized spacial score (nSPS) is 36.0. The molecule has 4 unspecified atom stereocenters. The molecule has 0 bridgehead atoms. The Morgan fingerprint density at radius 2 is 1.90 bits per heavy atom. The van der Waals surface area contributed by atoms with Gasteiger partial charge in [0, 0.05) is 25.0 Å². The average molecular weight is 280 g/mol. The molecule has 0 radical (unpaired) electrons. The lowest BCUT2D eigenvalue weighted by molar-refractivity contribution is -0.137. The minimum atomic E-state index is 0.185. The van der Waals surface area contributed by atoms with Gasteiger partial charge in [-0.15, -0.1) is 0 Å². The Kier molecular flexibility index (Phi) is 5.48. The summed E-state index contributed by atoms with van der Waals surface area (Å²) in [6.45, 7) is 8.77. The maximum atomic E-state index is 12.7. The second-order valence-electron chi connectivity index (χ2n) is 7.53. The van der Waals surface area contributed by atoms with E-state index in [1.54, 1.807) is 0 Å². The van der Waals surface area contributed by atoms with E-state index in [2.05, 4.69) is 25.7 Å². The second kappa shape index (κ2) is 6.93. The van der Waals surface area contributed by atoms with Crippen molar-refractivity contribution in [2.24, 2.45) is 29.4 Å². The fourth-order valence-electron chi connectivity index (χ4n) is 4.13. The third-order valence-electron chi connectivity index (χ3n) is 5.36. The number of carbonyl (C=O) groups excluding carboxylic acids is 1. The van der Waals surface area contributed by atoms with Gasteiger partial charge in [0.1, 0.15) is 0 Å². The summed E-state index contributed by atoms with van der Waals surface area (Å²) in [7, 11) is 0. The molecule has 1 saturated heterocycles. The maximum Gasteiger partial charge on any atom is 0.225 e. The minimum Gasteiger partial charge on any atom is -0.342 e. The zero-order valence-electron chi connectivity index (χ0n) is 13.5. The van der Waals surface area contributed by atoms with Gasteiger partial charge in [-0.2, -0.15) is 0 Å². The highest BCUT2D eigenvalue weighted by Crippen LogP contribution is 2.31. The highest BCUT2D eigenvalue weighted by Gasteiger charge is 2.33. The number of carbonyl (C=O) groups is 1. The molecule has 1 aliphatic heterocycles. The van der Waals surface area contributed by atoms with Gasteiger partial charge >= 0.3 is 0 Å². The highest BCUT2D eigenvalue weighted by molar-refractivity contribution is 5.79. The lowest BCUT2D eigenvalue weighted by Gasteiger charge is -2.34. The fraction of sp³-hybridized carbons (Fsp3) is 0.941. The standard InChI is InChI=1S/C17H32N2O/c1-12(2)14-5-4-7-19(8-6-14)17(20)15-9-13(3)10-16(18)11-15/h12-16H,4-11,18H2,1-3H3. The van der Waals surface area contributed by atoms with Crippen LogP contribution in [0.15, 0.2) is 0 Å². The van der Waals surface area contributed by atoms with Crippen molar-refractivity contribution in [3.8, 4) is 0 Å². The van der Waals surface area contributed by atoms with Crippen molar-refractivity contribution in [3.63, 3.8) is 0 Å². The Hall–Kier alpha value is -0.570. The van der Waals surface area contributed by atoms with Crippen LogP contribution in [-0.4, -0.2) is 29.9 Å². The van der Waals surface area contributed by atoms with Crippen LogP contribution in [0.4, 0.5) is 0 Å². The first kappa shape index (κ1) is 15.8. The van der Waals surface area contributed by atoms with Gasteiger partial charge in [-0.05, 0) is 56.3 Å². The third-order valence-corrected chi connectivity index (χ3v) is 5.36. The monoisotopic (exact) mass is 280 g/mol. The number of hydrogen-bond acceptors (Lipinski definition) is 2. The molecular formula is C17H32N2O. The van der Waals surface area contributed by atoms with E-state index in [0.29, 0.717) is 11.8 Å². The van der Waals surface area contributed by atoms with Gasteiger partial charge in [-0.3, -0.25) is 4.79 Å². The molecule has 2 N–H and O–H groups in total. The fourth-order valence-corrected chi connectivity index (χ4v) is 4.13. The van der Waals surface area contributed by atoms with Crippen LogP contribution in [0.1, 0.15) is 59.3 Å². The number of hydrogen-bond donors (Lipinski definition) is 1. The molecule has 0 aromatic rings. The van der Waals surface area contributed by atoms with Gasteiger partial charge in [0.15, 0.2) is 0 Å². The molecule has 0 aromatic carbocycles. The molecular weight excluding hydrogens is 248 g/mol. The van der Waals surface area contributed by atoms with Gasteiger partial charge < -0.3 is 10.6 Å². The summed E-state index contributed by atoms with van der Waals surface area (Å²) in [4.78, 5) is 14.9. The number of amides is 1. The van der Waals surface area contributed by atoms with E-state index in [9.17, 15) is 4.79 Å². The molecule has 0 spiro atoms. The first-order valence-corrected chi connectivity index (χ1v) is 8.51. The topological polar surface area (TPSA) is 46.3 Å². The van der Waals surface area contributed by atoms with Crippen LogP contribution in [-0.2, 0) is 4.79 Å². The van der Waals surface area contributed by atoms with Gasteiger partial charge in [0.05, 0.1) is 0 Å². The van der Waals surface area contributed by atoms with Gasteiger partial charge in [-0.1, -0.05) is 20.8 Å². The first-order chi connectivity index (χ1) is 9.47. The summed E-state index contributed by atoms with van der Waals surface area (Å²) in [6, 6.07) is 0.225. The van der Waals surface area contributed by atoms with Gasteiger partial charge in [0.2, 0.25) is 5.91 Å². The summed E-state index contributed by atoms with van der Waals surface area (Å²) in [5.74, 6) is 2.71. The Morgan fingerprint density at radius 1 is 1.15 bits per heavy atom.